The molecule has 3 aromatic rings. The molecule has 3 rings (SSSR count). The largest absolute Gasteiger partial charge is 0.495 e. The van der Waals surface area contributed by atoms with Crippen LogP contribution < -0.4 is 14.4 Å². The second-order valence-corrected chi connectivity index (χ2v) is 10.9. The van der Waals surface area contributed by atoms with E-state index in [4.69, 9.17) is 9.15 Å². The molecule has 1 aromatic heterocycles. The van der Waals surface area contributed by atoms with Gasteiger partial charge in [0.25, 0.3) is 15.9 Å². The van der Waals surface area contributed by atoms with Gasteiger partial charge in [0.2, 0.25) is 0 Å². The summed E-state index contributed by atoms with van der Waals surface area (Å²) in [6.45, 7) is 0.308. The van der Waals surface area contributed by atoms with E-state index in [0.717, 1.165) is 29.1 Å². The number of hydrogen-bond donors (Lipinski definition) is 1. The van der Waals surface area contributed by atoms with Crippen molar-refractivity contribution in [1.82, 2.24) is 4.98 Å². The first-order chi connectivity index (χ1) is 16.4. The van der Waals surface area contributed by atoms with Gasteiger partial charge in [-0.2, -0.15) is 0 Å². The van der Waals surface area contributed by atoms with Crippen LogP contribution in [0.3, 0.4) is 0 Å². The molecule has 182 valence electrons. The smallest absolute Gasteiger partial charge is 0.311 e. The van der Waals surface area contributed by atoms with Crippen LogP contribution in [0.5, 0.6) is 5.75 Å². The van der Waals surface area contributed by atoms with E-state index in [2.05, 4.69) is 42.2 Å². The Labute approximate surface area is 216 Å². The normalized spacial score (nSPS) is 11.3. The second-order valence-electron chi connectivity index (χ2n) is 7.31. The van der Waals surface area contributed by atoms with E-state index in [9.17, 15) is 13.2 Å². The highest BCUT2D eigenvalue weighted by molar-refractivity contribution is 9.10. The van der Waals surface area contributed by atoms with Crippen molar-refractivity contribution < 1.29 is 22.4 Å². The number of hydrogen-bond acceptors (Lipinski definition) is 6. The minimum absolute atomic E-state index is 0.0522. The number of benzene rings is 2. The first-order valence-electron chi connectivity index (χ1n) is 10.6. The predicted molar refractivity (Wildman–Crippen MR) is 138 cm³/mol. The van der Waals surface area contributed by atoms with Crippen molar-refractivity contribution in [3.8, 4) is 5.75 Å². The summed E-state index contributed by atoms with van der Waals surface area (Å²) in [5.74, 6) is -0.536. The maximum absolute atomic E-state index is 13.9. The molecule has 0 atom stereocenters. The summed E-state index contributed by atoms with van der Waals surface area (Å²) in [6.07, 6.45) is 6.28. The number of sulfonamides is 1. The molecule has 8 nitrogen and oxygen atoms in total. The van der Waals surface area contributed by atoms with Crippen molar-refractivity contribution in [3.05, 3.63) is 65.3 Å². The molecule has 0 fully saturated rings. The van der Waals surface area contributed by atoms with Gasteiger partial charge in [0.1, 0.15) is 16.9 Å². The van der Waals surface area contributed by atoms with Crippen LogP contribution in [0.25, 0.3) is 0 Å². The third-order valence-corrected chi connectivity index (χ3v) is 7.91. The summed E-state index contributed by atoms with van der Waals surface area (Å²) < 4.78 is 40.3. The van der Waals surface area contributed by atoms with Crippen LogP contribution in [-0.2, 0) is 10.0 Å². The molecule has 2 aromatic carbocycles. The molecule has 0 saturated heterocycles. The van der Waals surface area contributed by atoms with Gasteiger partial charge in [-0.05, 0) is 55.3 Å². The number of nitrogens with one attached hydrogen (secondary N) is 1. The van der Waals surface area contributed by atoms with Gasteiger partial charge in [-0.3, -0.25) is 9.10 Å². The van der Waals surface area contributed by atoms with Gasteiger partial charge in [-0.1, -0.05) is 44.7 Å². The third kappa shape index (κ3) is 6.61. The van der Waals surface area contributed by atoms with Gasteiger partial charge < -0.3 is 14.5 Å². The number of ether oxygens (including phenoxy) is 1. The number of rotatable bonds is 12. The molecule has 1 N–H and O–H groups in total. The van der Waals surface area contributed by atoms with Gasteiger partial charge in [0.15, 0.2) is 0 Å². The van der Waals surface area contributed by atoms with E-state index >= 15 is 0 Å². The Morgan fingerprint density at radius 2 is 1.85 bits per heavy atom. The van der Waals surface area contributed by atoms with Crippen LogP contribution >= 0.6 is 31.9 Å². The number of oxazole rings is 1. The van der Waals surface area contributed by atoms with Gasteiger partial charge >= 0.3 is 5.91 Å². The lowest BCUT2D eigenvalue weighted by Gasteiger charge is -2.26. The highest BCUT2D eigenvalue weighted by atomic mass is 79.9. The molecule has 0 aliphatic carbocycles. The number of carbonyl (C=O) groups is 1. The summed E-state index contributed by atoms with van der Waals surface area (Å²) in [4.78, 5) is 16.1. The Morgan fingerprint density at radius 3 is 2.50 bits per heavy atom. The standard InChI is InChI=1S/C23H25Br2N3O5S/c1-32-20-11-8-18(27-22(29)23-26-13-15-33-23)16-21(20)34(30,31)28(14-5-3-2-4-12-24)19-9-6-17(25)7-10-19/h6-11,13,15-16H,2-5,12,14H2,1H3,(H,27,29). The highest BCUT2D eigenvalue weighted by Gasteiger charge is 2.29. The van der Waals surface area contributed by atoms with Crippen LogP contribution in [0.15, 0.2) is 68.7 Å². The Kier molecular flexibility index (Phi) is 9.54. The monoisotopic (exact) mass is 613 g/mol. The maximum atomic E-state index is 13.9. The predicted octanol–water partition coefficient (Wildman–Crippen LogP) is 5.85. The summed E-state index contributed by atoms with van der Waals surface area (Å²) >= 11 is 6.82. The molecule has 1 amide bonds. The lowest BCUT2D eigenvalue weighted by Crippen LogP contribution is -2.32. The molecule has 34 heavy (non-hydrogen) atoms. The molecule has 0 unspecified atom stereocenters. The number of anilines is 2. The van der Waals surface area contributed by atoms with E-state index in [0.29, 0.717) is 18.7 Å². The number of nitrogens with zero attached hydrogens (tertiary/aromatic N) is 2. The summed E-state index contributed by atoms with van der Waals surface area (Å²) in [5, 5.41) is 3.54. The summed E-state index contributed by atoms with van der Waals surface area (Å²) in [6, 6.07) is 11.5. The van der Waals surface area contributed by atoms with Crippen molar-refractivity contribution in [2.45, 2.75) is 30.6 Å². The van der Waals surface area contributed by atoms with Crippen molar-refractivity contribution in [2.75, 3.05) is 28.6 Å². The summed E-state index contributed by atoms with van der Waals surface area (Å²) in [7, 11) is -2.61. The number of methoxy groups -OCH3 is 1. The Morgan fingerprint density at radius 1 is 1.12 bits per heavy atom. The second kappa shape index (κ2) is 12.4. The molecule has 0 aliphatic heterocycles. The van der Waals surface area contributed by atoms with Gasteiger partial charge in [0.05, 0.1) is 19.0 Å². The fourth-order valence-electron chi connectivity index (χ4n) is 3.29. The number of unbranched alkanes of at least 4 members (excludes halogenated alkanes) is 3. The van der Waals surface area contributed by atoms with E-state index < -0.39 is 15.9 Å². The average Bonchev–Trinajstić information content (AvgIpc) is 3.37. The minimum atomic E-state index is -4.02. The van der Waals surface area contributed by atoms with Crippen molar-refractivity contribution in [1.29, 1.82) is 0 Å². The maximum Gasteiger partial charge on any atom is 0.311 e. The van der Waals surface area contributed by atoms with Crippen LogP contribution in [0, 0.1) is 0 Å². The van der Waals surface area contributed by atoms with Crippen molar-refractivity contribution in [3.63, 3.8) is 0 Å². The Bertz CT molecular complexity index is 1190. The lowest BCUT2D eigenvalue weighted by molar-refractivity contribution is 0.0990. The molecule has 0 spiro atoms. The quantitative estimate of drug-likeness (QED) is 0.203. The zero-order valence-corrected chi connectivity index (χ0v) is 22.5. The minimum Gasteiger partial charge on any atom is -0.495 e. The van der Waals surface area contributed by atoms with Crippen LogP contribution in [0.4, 0.5) is 11.4 Å². The lowest BCUT2D eigenvalue weighted by atomic mass is 10.2. The molecule has 0 bridgehead atoms. The fraction of sp³-hybridized carbons (Fsp3) is 0.304. The molecule has 1 heterocycles. The first-order valence-corrected chi connectivity index (χ1v) is 14.0. The number of alkyl halides is 1. The molecule has 0 radical (unpaired) electrons. The van der Waals surface area contributed by atoms with Crippen LogP contribution in [0.1, 0.15) is 36.4 Å². The van der Waals surface area contributed by atoms with Gasteiger partial charge in [-0.25, -0.2) is 13.4 Å². The zero-order chi connectivity index (χ0) is 24.6. The van der Waals surface area contributed by atoms with Crippen LogP contribution in [-0.4, -0.2) is 38.3 Å². The average molecular weight is 615 g/mol. The Balaban J connectivity index is 1.94. The number of amides is 1. The fourth-order valence-corrected chi connectivity index (χ4v) is 5.64. The Hall–Kier alpha value is -2.37. The van der Waals surface area contributed by atoms with E-state index in [1.807, 2.05) is 0 Å². The molecular weight excluding hydrogens is 590 g/mol. The third-order valence-electron chi connectivity index (χ3n) is 4.98. The van der Waals surface area contributed by atoms with Gasteiger partial charge in [0, 0.05) is 22.0 Å². The molecule has 11 heteroatoms. The highest BCUT2D eigenvalue weighted by Crippen LogP contribution is 2.33. The number of carbonyl (C=O) groups excluding carboxylic acids is 1. The molecule has 0 aliphatic rings. The first kappa shape index (κ1) is 26.2. The molecular formula is C23H25Br2N3O5S. The van der Waals surface area contributed by atoms with Crippen LogP contribution in [0.2, 0.25) is 0 Å². The van der Waals surface area contributed by atoms with Gasteiger partial charge in [-0.15, -0.1) is 0 Å². The van der Waals surface area contributed by atoms with E-state index in [1.54, 1.807) is 30.3 Å². The van der Waals surface area contributed by atoms with Crippen molar-refractivity contribution in [2.24, 2.45) is 0 Å². The SMILES string of the molecule is COc1ccc(NC(=O)c2ncco2)cc1S(=O)(=O)N(CCCCCCBr)c1ccc(Br)cc1. The topological polar surface area (TPSA) is 102 Å². The molecule has 0 saturated carbocycles. The van der Waals surface area contributed by atoms with Crippen molar-refractivity contribution >= 4 is 59.2 Å². The number of halogens is 2. The zero-order valence-electron chi connectivity index (χ0n) is 18.5. The number of aromatic nitrogens is 1. The van der Waals surface area contributed by atoms with E-state index in [1.165, 1.54) is 36.0 Å². The van der Waals surface area contributed by atoms with E-state index in [-0.39, 0.29) is 22.2 Å². The summed E-state index contributed by atoms with van der Waals surface area (Å²) in [5.41, 5.74) is 0.815.